The van der Waals surface area contributed by atoms with Crippen molar-refractivity contribution in [3.8, 4) is 0 Å². The summed E-state index contributed by atoms with van der Waals surface area (Å²) in [5.74, 6) is -1.25. The lowest BCUT2D eigenvalue weighted by Gasteiger charge is -2.07. The van der Waals surface area contributed by atoms with Gasteiger partial charge in [0.15, 0.2) is 0 Å². The summed E-state index contributed by atoms with van der Waals surface area (Å²) >= 11 is 0. The lowest BCUT2D eigenvalue weighted by atomic mass is 10.2. The smallest absolute Gasteiger partial charge is 0.444 e. The molecule has 0 aromatic heterocycles. The van der Waals surface area contributed by atoms with E-state index in [2.05, 4.69) is 9.13 Å². The van der Waals surface area contributed by atoms with Gasteiger partial charge in [-0.25, -0.2) is 4.79 Å². The molecule has 0 radical (unpaired) electrons. The SMILES string of the molecule is NC(=NS(=O)(=O)C(F)(F)F)NC(=O)OCc1ccccc1. The number of halogens is 3. The summed E-state index contributed by atoms with van der Waals surface area (Å²) in [4.78, 5) is 11.2. The maximum absolute atomic E-state index is 12.0. The van der Waals surface area contributed by atoms with Gasteiger partial charge in [0.05, 0.1) is 0 Å². The number of guanidine groups is 1. The van der Waals surface area contributed by atoms with Gasteiger partial charge in [0, 0.05) is 0 Å². The quantitative estimate of drug-likeness (QED) is 0.638. The third-order valence-corrected chi connectivity index (χ3v) is 2.98. The fourth-order valence-electron chi connectivity index (χ4n) is 1.07. The average molecular weight is 325 g/mol. The summed E-state index contributed by atoms with van der Waals surface area (Å²) in [7, 11) is -5.82. The molecule has 1 amide bonds. The second kappa shape index (κ2) is 6.43. The number of carbonyl (C=O) groups is 1. The number of ether oxygens (including phenoxy) is 1. The predicted octanol–water partition coefficient (Wildman–Crippen LogP) is 1.08. The number of sulfonamides is 1. The number of rotatable bonds is 3. The van der Waals surface area contributed by atoms with E-state index in [-0.39, 0.29) is 6.61 Å². The molecule has 0 saturated carbocycles. The van der Waals surface area contributed by atoms with Crippen LogP contribution in [0.2, 0.25) is 0 Å². The first-order valence-electron chi connectivity index (χ1n) is 5.26. The molecule has 0 aliphatic rings. The van der Waals surface area contributed by atoms with Gasteiger partial charge in [-0.3, -0.25) is 5.32 Å². The van der Waals surface area contributed by atoms with E-state index in [1.54, 1.807) is 35.6 Å². The van der Waals surface area contributed by atoms with E-state index >= 15 is 0 Å². The van der Waals surface area contributed by atoms with Gasteiger partial charge in [-0.05, 0) is 5.56 Å². The third kappa shape index (κ3) is 5.30. The van der Waals surface area contributed by atoms with Gasteiger partial charge in [0.25, 0.3) is 0 Å². The highest BCUT2D eigenvalue weighted by atomic mass is 32.2. The highest BCUT2D eigenvalue weighted by molar-refractivity contribution is 7.91. The van der Waals surface area contributed by atoms with Crippen LogP contribution >= 0.6 is 0 Å². The number of alkyl halides is 3. The number of alkyl carbamates (subject to hydrolysis) is 1. The van der Waals surface area contributed by atoms with E-state index in [0.29, 0.717) is 5.56 Å². The average Bonchev–Trinajstić information content (AvgIpc) is 2.35. The molecule has 1 aromatic carbocycles. The van der Waals surface area contributed by atoms with E-state index in [9.17, 15) is 26.4 Å². The number of benzene rings is 1. The topological polar surface area (TPSA) is 111 Å². The zero-order valence-corrected chi connectivity index (χ0v) is 11.1. The molecular weight excluding hydrogens is 315 g/mol. The van der Waals surface area contributed by atoms with E-state index in [0.717, 1.165) is 0 Å². The van der Waals surface area contributed by atoms with E-state index in [4.69, 9.17) is 5.73 Å². The van der Waals surface area contributed by atoms with Crippen LogP contribution in [0.5, 0.6) is 0 Å². The zero-order valence-electron chi connectivity index (χ0n) is 10.3. The monoisotopic (exact) mass is 325 g/mol. The Balaban J connectivity index is 2.59. The summed E-state index contributed by atoms with van der Waals surface area (Å²) in [6.45, 7) is -0.175. The van der Waals surface area contributed by atoms with E-state index in [1.165, 1.54) is 0 Å². The number of hydrogen-bond acceptors (Lipinski definition) is 4. The Bertz CT molecular complexity index is 629. The third-order valence-electron chi connectivity index (χ3n) is 1.95. The molecule has 116 valence electrons. The number of amides is 1. The van der Waals surface area contributed by atoms with Gasteiger partial charge in [-0.15, -0.1) is 4.40 Å². The Kier molecular flexibility index (Phi) is 5.13. The van der Waals surface area contributed by atoms with Crippen molar-refractivity contribution in [2.24, 2.45) is 10.1 Å². The highest BCUT2D eigenvalue weighted by Gasteiger charge is 2.46. The van der Waals surface area contributed by atoms with Crippen molar-refractivity contribution < 1.29 is 31.1 Å². The van der Waals surface area contributed by atoms with Gasteiger partial charge >= 0.3 is 21.6 Å². The van der Waals surface area contributed by atoms with Crippen LogP contribution in [0.4, 0.5) is 18.0 Å². The molecule has 0 aliphatic carbocycles. The van der Waals surface area contributed by atoms with Crippen molar-refractivity contribution in [1.82, 2.24) is 5.32 Å². The van der Waals surface area contributed by atoms with Crippen LogP contribution in [0.1, 0.15) is 5.56 Å². The minimum Gasteiger partial charge on any atom is -0.444 e. The van der Waals surface area contributed by atoms with Crippen molar-refractivity contribution in [3.05, 3.63) is 35.9 Å². The van der Waals surface area contributed by atoms with Gasteiger partial charge in [0.2, 0.25) is 5.96 Å². The molecule has 0 fully saturated rings. The molecule has 0 spiro atoms. The molecule has 0 bridgehead atoms. The summed E-state index contributed by atoms with van der Waals surface area (Å²) in [5, 5.41) is 1.57. The molecular formula is C10H10F3N3O4S. The number of carbonyl (C=O) groups excluding carboxylic acids is 1. The van der Waals surface area contributed by atoms with Gasteiger partial charge in [-0.2, -0.15) is 21.6 Å². The van der Waals surface area contributed by atoms with Crippen molar-refractivity contribution in [2.45, 2.75) is 12.1 Å². The van der Waals surface area contributed by atoms with Crippen molar-refractivity contribution in [1.29, 1.82) is 0 Å². The molecule has 1 aromatic rings. The van der Waals surface area contributed by atoms with E-state index < -0.39 is 27.6 Å². The summed E-state index contributed by atoms with van der Waals surface area (Å²) in [5.41, 5.74) is -0.102. The molecule has 7 nitrogen and oxygen atoms in total. The van der Waals surface area contributed by atoms with Crippen LogP contribution in [0.25, 0.3) is 0 Å². The first kappa shape index (κ1) is 16.8. The Morgan fingerprint density at radius 1 is 1.29 bits per heavy atom. The Morgan fingerprint density at radius 3 is 2.38 bits per heavy atom. The fourth-order valence-corrected chi connectivity index (χ4v) is 1.48. The molecule has 0 atom stereocenters. The van der Waals surface area contributed by atoms with Crippen LogP contribution in [0, 0.1) is 0 Å². The molecule has 1 rings (SSSR count). The maximum atomic E-state index is 12.0. The number of hydrogen-bond donors (Lipinski definition) is 2. The lowest BCUT2D eigenvalue weighted by molar-refractivity contribution is -0.0435. The van der Waals surface area contributed by atoms with Crippen LogP contribution in [-0.2, 0) is 21.4 Å². The zero-order chi connectivity index (χ0) is 16.1. The molecule has 21 heavy (non-hydrogen) atoms. The normalized spacial score (nSPS) is 12.8. The second-order valence-electron chi connectivity index (χ2n) is 3.58. The number of nitrogens with two attached hydrogens (primary N) is 1. The number of nitrogens with one attached hydrogen (secondary N) is 1. The molecule has 0 heterocycles. The van der Waals surface area contributed by atoms with Crippen molar-refractivity contribution in [2.75, 3.05) is 0 Å². The maximum Gasteiger partial charge on any atom is 0.518 e. The standard InChI is InChI=1S/C10H10F3N3O4S/c11-10(12,13)21(18,19)16-8(14)15-9(17)20-6-7-4-2-1-3-5-7/h1-5H,6H2,(H3,14,15,16,17). The van der Waals surface area contributed by atoms with Crippen LogP contribution in [0.15, 0.2) is 34.7 Å². The van der Waals surface area contributed by atoms with Gasteiger partial charge < -0.3 is 10.5 Å². The first-order valence-corrected chi connectivity index (χ1v) is 6.70. The van der Waals surface area contributed by atoms with Crippen molar-refractivity contribution in [3.63, 3.8) is 0 Å². The highest BCUT2D eigenvalue weighted by Crippen LogP contribution is 2.24. The molecule has 0 unspecified atom stereocenters. The molecule has 0 aliphatic heterocycles. The van der Waals surface area contributed by atoms with Gasteiger partial charge in [-0.1, -0.05) is 30.3 Å². The Labute approximate surface area is 117 Å². The Morgan fingerprint density at radius 2 is 1.86 bits per heavy atom. The molecule has 11 heteroatoms. The minimum atomic E-state index is -5.82. The minimum absolute atomic E-state index is 0.175. The largest absolute Gasteiger partial charge is 0.518 e. The lowest BCUT2D eigenvalue weighted by Crippen LogP contribution is -2.39. The molecule has 0 saturated heterocycles. The summed E-state index contributed by atoms with van der Waals surface area (Å²) in [6, 6.07) is 8.37. The number of nitrogens with zero attached hydrogens (tertiary/aromatic N) is 1. The summed E-state index contributed by atoms with van der Waals surface area (Å²) in [6.07, 6.45) is -1.24. The second-order valence-corrected chi connectivity index (χ2v) is 5.18. The van der Waals surface area contributed by atoms with Crippen LogP contribution in [-0.4, -0.2) is 26.0 Å². The van der Waals surface area contributed by atoms with Gasteiger partial charge in [0.1, 0.15) is 6.61 Å². The predicted molar refractivity (Wildman–Crippen MR) is 66.4 cm³/mol. The van der Waals surface area contributed by atoms with Crippen LogP contribution < -0.4 is 11.1 Å². The first-order chi connectivity index (χ1) is 9.62. The van der Waals surface area contributed by atoms with Crippen molar-refractivity contribution >= 4 is 22.1 Å². The summed E-state index contributed by atoms with van der Waals surface area (Å²) < 4.78 is 64.1. The van der Waals surface area contributed by atoms with E-state index in [1.807, 2.05) is 0 Å². The van der Waals surface area contributed by atoms with Crippen LogP contribution in [0.3, 0.4) is 0 Å². The fraction of sp³-hybridized carbons (Fsp3) is 0.200. The Hall–Kier alpha value is -2.30. The molecule has 3 N–H and O–H groups in total.